The van der Waals surface area contributed by atoms with Crippen molar-refractivity contribution in [3.05, 3.63) is 40.5 Å². The topological polar surface area (TPSA) is 51.1 Å². The number of ether oxygens (including phenoxy) is 1. The van der Waals surface area contributed by atoms with Gasteiger partial charge in [0, 0.05) is 23.4 Å². The first-order chi connectivity index (χ1) is 13.7. The number of nitrogens with zero attached hydrogens (tertiary/aromatic N) is 4. The van der Waals surface area contributed by atoms with Gasteiger partial charge < -0.3 is 4.74 Å². The van der Waals surface area contributed by atoms with E-state index in [1.165, 1.54) is 20.5 Å². The molecule has 1 aliphatic heterocycles. The molecule has 5 nitrogen and oxygen atoms in total. The molecular formula is C20H20N4OS3. The zero-order valence-electron chi connectivity index (χ0n) is 15.8. The highest BCUT2D eigenvalue weighted by molar-refractivity contribution is 8.01. The Morgan fingerprint density at radius 2 is 1.89 bits per heavy atom. The highest BCUT2D eigenvalue weighted by atomic mass is 32.2. The van der Waals surface area contributed by atoms with Crippen LogP contribution >= 0.6 is 34.4 Å². The molecule has 0 spiro atoms. The van der Waals surface area contributed by atoms with E-state index in [4.69, 9.17) is 19.7 Å². The van der Waals surface area contributed by atoms with Crippen molar-refractivity contribution in [2.75, 3.05) is 26.3 Å². The number of aromatic nitrogens is 3. The lowest BCUT2D eigenvalue weighted by Gasteiger charge is -2.25. The molecule has 0 bridgehead atoms. The summed E-state index contributed by atoms with van der Waals surface area (Å²) in [6.07, 6.45) is 0. The molecule has 5 rings (SSSR count). The summed E-state index contributed by atoms with van der Waals surface area (Å²) >= 11 is 5.15. The lowest BCUT2D eigenvalue weighted by atomic mass is 10.2. The fourth-order valence-corrected chi connectivity index (χ4v) is 6.63. The highest BCUT2D eigenvalue weighted by Gasteiger charge is 2.19. The molecule has 1 aromatic carbocycles. The van der Waals surface area contributed by atoms with Gasteiger partial charge in [-0.15, -0.1) is 22.7 Å². The maximum Gasteiger partial charge on any atom is 0.157 e. The molecule has 8 heteroatoms. The molecule has 3 aromatic heterocycles. The number of hydrogen-bond acceptors (Lipinski definition) is 8. The van der Waals surface area contributed by atoms with Gasteiger partial charge in [-0.05, 0) is 43.3 Å². The van der Waals surface area contributed by atoms with Gasteiger partial charge >= 0.3 is 0 Å². The number of morpholine rings is 1. The van der Waals surface area contributed by atoms with Crippen LogP contribution in [0.3, 0.4) is 0 Å². The maximum absolute atomic E-state index is 5.47. The molecule has 144 valence electrons. The van der Waals surface area contributed by atoms with Crippen LogP contribution in [0.1, 0.15) is 16.3 Å². The largest absolute Gasteiger partial charge is 0.379 e. The van der Waals surface area contributed by atoms with Crippen molar-refractivity contribution in [2.45, 2.75) is 29.8 Å². The first-order valence-electron chi connectivity index (χ1n) is 9.27. The van der Waals surface area contributed by atoms with Crippen molar-refractivity contribution in [1.82, 2.24) is 19.9 Å². The molecular weight excluding hydrogens is 408 g/mol. The molecule has 4 heterocycles. The molecule has 0 aliphatic carbocycles. The monoisotopic (exact) mass is 428 g/mol. The number of thiazole rings is 1. The molecule has 0 amide bonds. The van der Waals surface area contributed by atoms with E-state index < -0.39 is 0 Å². The number of aryl methyl sites for hydroxylation is 2. The van der Waals surface area contributed by atoms with Crippen LogP contribution in [-0.2, 0) is 11.3 Å². The van der Waals surface area contributed by atoms with Crippen LogP contribution in [0.15, 0.2) is 33.6 Å². The third-order valence-corrected chi connectivity index (χ3v) is 8.16. The van der Waals surface area contributed by atoms with E-state index in [-0.39, 0.29) is 0 Å². The van der Waals surface area contributed by atoms with Crippen LogP contribution in [0, 0.1) is 13.8 Å². The summed E-state index contributed by atoms with van der Waals surface area (Å²) in [5.74, 6) is 0.888. The van der Waals surface area contributed by atoms with Gasteiger partial charge in [-0.1, -0.05) is 12.1 Å². The molecule has 0 radical (unpaired) electrons. The Labute approximate surface area is 175 Å². The Bertz CT molecular complexity index is 1110. The van der Waals surface area contributed by atoms with Crippen molar-refractivity contribution < 1.29 is 4.74 Å². The van der Waals surface area contributed by atoms with E-state index in [0.717, 1.165) is 58.4 Å². The SMILES string of the molecule is Cc1sc2nc(CN3CCOCC3)nc(Sc3nc4ccccc4s3)c2c1C. The Kier molecular flexibility index (Phi) is 5.06. The van der Waals surface area contributed by atoms with E-state index in [1.807, 2.05) is 6.07 Å². The highest BCUT2D eigenvalue weighted by Crippen LogP contribution is 2.40. The van der Waals surface area contributed by atoms with Gasteiger partial charge in [0.2, 0.25) is 0 Å². The Hall–Kier alpha value is -1.58. The fourth-order valence-electron chi connectivity index (χ4n) is 3.34. The minimum Gasteiger partial charge on any atom is -0.379 e. The Morgan fingerprint density at radius 3 is 2.71 bits per heavy atom. The van der Waals surface area contributed by atoms with Crippen LogP contribution in [-0.4, -0.2) is 46.2 Å². The summed E-state index contributed by atoms with van der Waals surface area (Å²) < 4.78 is 7.71. The first-order valence-corrected chi connectivity index (χ1v) is 11.7. The van der Waals surface area contributed by atoms with E-state index >= 15 is 0 Å². The second-order valence-electron chi connectivity index (χ2n) is 6.85. The number of thiophene rings is 1. The van der Waals surface area contributed by atoms with Gasteiger partial charge in [0.25, 0.3) is 0 Å². The summed E-state index contributed by atoms with van der Waals surface area (Å²) in [6, 6.07) is 8.28. The quantitative estimate of drug-likeness (QED) is 0.431. The number of rotatable bonds is 4. The third kappa shape index (κ3) is 3.55. The molecule has 4 aromatic rings. The van der Waals surface area contributed by atoms with Crippen molar-refractivity contribution in [3.63, 3.8) is 0 Å². The smallest absolute Gasteiger partial charge is 0.157 e. The molecule has 0 unspecified atom stereocenters. The number of benzene rings is 1. The second-order valence-corrected chi connectivity index (χ2v) is 10.3. The lowest BCUT2D eigenvalue weighted by Crippen LogP contribution is -2.36. The van der Waals surface area contributed by atoms with E-state index in [9.17, 15) is 0 Å². The third-order valence-electron chi connectivity index (χ3n) is 4.97. The van der Waals surface area contributed by atoms with E-state index in [1.54, 1.807) is 34.4 Å². The standard InChI is InChI=1S/C20H20N4OS3/c1-12-13(2)26-18-17(12)19(23-16(22-18)11-24-7-9-25-10-8-24)28-20-21-14-5-3-4-6-15(14)27-20/h3-6H,7-11H2,1-2H3. The lowest BCUT2D eigenvalue weighted by molar-refractivity contribution is 0.0330. The second kappa shape index (κ2) is 7.68. The summed E-state index contributed by atoms with van der Waals surface area (Å²) in [7, 11) is 0. The van der Waals surface area contributed by atoms with Gasteiger partial charge in [0.05, 0.1) is 30.0 Å². The minimum absolute atomic E-state index is 0.767. The zero-order valence-corrected chi connectivity index (χ0v) is 18.2. The summed E-state index contributed by atoms with van der Waals surface area (Å²) in [6.45, 7) is 8.54. The number of hydrogen-bond donors (Lipinski definition) is 0. The Morgan fingerprint density at radius 1 is 1.07 bits per heavy atom. The first kappa shape index (κ1) is 18.4. The van der Waals surface area contributed by atoms with Crippen molar-refractivity contribution >= 4 is 54.9 Å². The van der Waals surface area contributed by atoms with Gasteiger partial charge in [-0.3, -0.25) is 4.90 Å². The molecule has 0 atom stereocenters. The van der Waals surface area contributed by atoms with Crippen LogP contribution in [0.5, 0.6) is 0 Å². The molecule has 1 saturated heterocycles. The predicted octanol–water partition coefficient (Wildman–Crippen LogP) is 4.90. The van der Waals surface area contributed by atoms with Crippen molar-refractivity contribution in [3.8, 4) is 0 Å². The zero-order chi connectivity index (χ0) is 19.1. The van der Waals surface area contributed by atoms with Gasteiger partial charge in [0.15, 0.2) is 4.34 Å². The maximum atomic E-state index is 5.47. The average molecular weight is 429 g/mol. The van der Waals surface area contributed by atoms with E-state index in [0.29, 0.717) is 0 Å². The Balaban J connectivity index is 1.54. The molecule has 0 N–H and O–H groups in total. The summed E-state index contributed by atoms with van der Waals surface area (Å²) in [4.78, 5) is 19.4. The van der Waals surface area contributed by atoms with Gasteiger partial charge in [-0.2, -0.15) is 0 Å². The van der Waals surface area contributed by atoms with Crippen molar-refractivity contribution in [1.29, 1.82) is 0 Å². The molecule has 1 fully saturated rings. The summed E-state index contributed by atoms with van der Waals surface area (Å²) in [5.41, 5.74) is 2.33. The van der Waals surface area contributed by atoms with Gasteiger partial charge in [0.1, 0.15) is 15.7 Å². The molecule has 28 heavy (non-hydrogen) atoms. The fraction of sp³-hybridized carbons (Fsp3) is 0.350. The average Bonchev–Trinajstić information content (AvgIpc) is 3.22. The van der Waals surface area contributed by atoms with Crippen LogP contribution < -0.4 is 0 Å². The van der Waals surface area contributed by atoms with E-state index in [2.05, 4.69) is 36.9 Å². The molecule has 0 saturated carbocycles. The summed E-state index contributed by atoms with van der Waals surface area (Å²) in [5, 5.41) is 2.20. The van der Waals surface area contributed by atoms with Crippen LogP contribution in [0.4, 0.5) is 0 Å². The van der Waals surface area contributed by atoms with Crippen molar-refractivity contribution in [2.24, 2.45) is 0 Å². The number of para-hydroxylation sites is 1. The van der Waals surface area contributed by atoms with Gasteiger partial charge in [-0.25, -0.2) is 15.0 Å². The minimum atomic E-state index is 0.767. The van der Waals surface area contributed by atoms with Crippen LogP contribution in [0.2, 0.25) is 0 Å². The van der Waals surface area contributed by atoms with Crippen LogP contribution in [0.25, 0.3) is 20.4 Å². The normalized spacial score (nSPS) is 15.6. The number of fused-ring (bicyclic) bond motifs is 2. The molecule has 1 aliphatic rings. The predicted molar refractivity (Wildman–Crippen MR) is 117 cm³/mol.